The van der Waals surface area contributed by atoms with E-state index in [-0.39, 0.29) is 11.8 Å². The Hall–Kier alpha value is -3.49. The zero-order chi connectivity index (χ0) is 25.7. The molecule has 2 atom stereocenters. The first-order valence-electron chi connectivity index (χ1n) is 12.5. The van der Waals surface area contributed by atoms with Gasteiger partial charge in [0.25, 0.3) is 5.91 Å². The van der Waals surface area contributed by atoms with Gasteiger partial charge < -0.3 is 25.5 Å². The highest BCUT2D eigenvalue weighted by molar-refractivity contribution is 6.08. The van der Waals surface area contributed by atoms with E-state index in [0.29, 0.717) is 18.8 Å². The Morgan fingerprint density at radius 1 is 1.28 bits per heavy atom. The van der Waals surface area contributed by atoms with Crippen molar-refractivity contribution in [2.75, 3.05) is 27.2 Å². The minimum atomic E-state index is -0.577. The summed E-state index contributed by atoms with van der Waals surface area (Å²) in [6.07, 6.45) is 8.66. The summed E-state index contributed by atoms with van der Waals surface area (Å²) in [6.45, 7) is 3.77. The van der Waals surface area contributed by atoms with Crippen LogP contribution in [-0.4, -0.2) is 64.3 Å². The molecule has 0 bridgehead atoms. The van der Waals surface area contributed by atoms with E-state index in [9.17, 15) is 9.90 Å². The van der Waals surface area contributed by atoms with Gasteiger partial charge in [-0.2, -0.15) is 0 Å². The first-order valence-corrected chi connectivity index (χ1v) is 12.5. The number of benzene rings is 1. The number of hydrogen-bond donors (Lipinski definition) is 3. The van der Waals surface area contributed by atoms with Crippen molar-refractivity contribution in [2.45, 2.75) is 38.8 Å². The Balaban J connectivity index is 1.51. The van der Waals surface area contributed by atoms with Crippen LogP contribution in [0.3, 0.4) is 0 Å². The van der Waals surface area contributed by atoms with Crippen molar-refractivity contribution >= 4 is 17.3 Å². The lowest BCUT2D eigenvalue weighted by Gasteiger charge is -2.36. The Morgan fingerprint density at radius 3 is 2.72 bits per heavy atom. The lowest BCUT2D eigenvalue weighted by Crippen LogP contribution is -2.47. The van der Waals surface area contributed by atoms with Crippen LogP contribution in [0.5, 0.6) is 0 Å². The number of aliphatic hydroxyl groups excluding tert-OH is 1. The van der Waals surface area contributed by atoms with Crippen LogP contribution in [0.4, 0.5) is 0 Å². The summed E-state index contributed by atoms with van der Waals surface area (Å²) in [4.78, 5) is 24.1. The van der Waals surface area contributed by atoms with Crippen molar-refractivity contribution in [3.8, 4) is 0 Å². The maximum atomic E-state index is 13.4. The quantitative estimate of drug-likeness (QED) is 0.423. The highest BCUT2D eigenvalue weighted by atomic mass is 16.3. The number of aliphatic hydroxyl groups is 1. The number of aromatic nitrogens is 2. The molecule has 1 aliphatic rings. The third kappa shape index (κ3) is 5.34. The van der Waals surface area contributed by atoms with Gasteiger partial charge in [-0.25, -0.2) is 4.98 Å². The lowest BCUT2D eigenvalue weighted by molar-refractivity contribution is 0.0194. The SMILES string of the molecule is CCc1cc(C(/C=C\N)=NC)cn2cc(C(=O)N3CCC(Cc4ccccc4CNC)[C@H](O)C3)nc12. The summed E-state index contributed by atoms with van der Waals surface area (Å²) in [5, 5.41) is 14.2. The summed E-state index contributed by atoms with van der Waals surface area (Å²) in [7, 11) is 3.66. The number of nitrogens with zero attached hydrogens (tertiary/aromatic N) is 4. The standard InChI is InChI=1S/C28H36N6O2/c1-4-19-13-23(24(31-3)9-11-29)16-34-17-25(32-27(19)34)28(36)33-12-10-21(26(35)18-33)14-20-7-5-6-8-22(20)15-30-2/h5-9,11,13,16-17,21,26,30,35H,4,10,12,14-15,18,29H2,1-3H3/b11-9-,31-24?/t21?,26-/m1/s1. The number of allylic oxidation sites excluding steroid dienone is 1. The number of rotatable bonds is 8. The number of nitrogens with two attached hydrogens (primary N) is 1. The van der Waals surface area contributed by atoms with Crippen molar-refractivity contribution in [3.63, 3.8) is 0 Å². The number of imidazole rings is 1. The highest BCUT2D eigenvalue weighted by Crippen LogP contribution is 2.25. The van der Waals surface area contributed by atoms with Crippen LogP contribution in [0.15, 0.2) is 60.0 Å². The van der Waals surface area contributed by atoms with Gasteiger partial charge >= 0.3 is 0 Å². The van der Waals surface area contributed by atoms with Crippen molar-refractivity contribution in [3.05, 3.63) is 82.9 Å². The molecule has 0 radical (unpaired) electrons. The van der Waals surface area contributed by atoms with Crippen LogP contribution in [0.1, 0.15) is 46.1 Å². The summed E-state index contributed by atoms with van der Waals surface area (Å²) >= 11 is 0. The van der Waals surface area contributed by atoms with Gasteiger partial charge in [-0.3, -0.25) is 9.79 Å². The van der Waals surface area contributed by atoms with Gasteiger partial charge in [0.15, 0.2) is 0 Å². The molecule has 1 aliphatic heterocycles. The van der Waals surface area contributed by atoms with E-state index in [0.717, 1.165) is 48.3 Å². The number of carbonyl (C=O) groups is 1. The number of carbonyl (C=O) groups excluding carboxylic acids is 1. The second-order valence-electron chi connectivity index (χ2n) is 9.30. The molecule has 4 rings (SSSR count). The van der Waals surface area contributed by atoms with Gasteiger partial charge in [-0.1, -0.05) is 31.2 Å². The van der Waals surface area contributed by atoms with E-state index in [1.165, 1.54) is 17.3 Å². The molecule has 4 N–H and O–H groups in total. The average molecular weight is 489 g/mol. The smallest absolute Gasteiger partial charge is 0.274 e. The van der Waals surface area contributed by atoms with E-state index in [1.54, 1.807) is 24.2 Å². The molecule has 0 saturated carbocycles. The number of nitrogens with one attached hydrogen (secondary N) is 1. The van der Waals surface area contributed by atoms with Gasteiger partial charge in [-0.15, -0.1) is 0 Å². The largest absolute Gasteiger partial charge is 0.405 e. The third-order valence-electron chi connectivity index (χ3n) is 6.99. The van der Waals surface area contributed by atoms with Gasteiger partial charge in [0.2, 0.25) is 0 Å². The molecule has 1 fully saturated rings. The van der Waals surface area contributed by atoms with Gasteiger partial charge in [-0.05, 0) is 67.3 Å². The fourth-order valence-electron chi connectivity index (χ4n) is 5.03. The Labute approximate surface area is 212 Å². The minimum absolute atomic E-state index is 0.115. The first-order chi connectivity index (χ1) is 17.5. The van der Waals surface area contributed by atoms with E-state index >= 15 is 0 Å². The number of hydrogen-bond acceptors (Lipinski definition) is 6. The van der Waals surface area contributed by atoms with Crippen LogP contribution < -0.4 is 11.1 Å². The van der Waals surface area contributed by atoms with Gasteiger partial charge in [0, 0.05) is 44.6 Å². The molecule has 190 valence electrons. The predicted octanol–water partition coefficient (Wildman–Crippen LogP) is 2.57. The molecule has 1 aromatic carbocycles. The van der Waals surface area contributed by atoms with E-state index < -0.39 is 6.10 Å². The second kappa shape index (κ2) is 11.5. The molecule has 1 unspecified atom stereocenters. The van der Waals surface area contributed by atoms with Crippen LogP contribution >= 0.6 is 0 Å². The number of pyridine rings is 1. The van der Waals surface area contributed by atoms with Crippen molar-refractivity contribution in [1.82, 2.24) is 19.6 Å². The fourth-order valence-corrected chi connectivity index (χ4v) is 5.03. The minimum Gasteiger partial charge on any atom is -0.405 e. The summed E-state index contributed by atoms with van der Waals surface area (Å²) in [5.41, 5.74) is 11.9. The molecule has 0 aliphatic carbocycles. The van der Waals surface area contributed by atoms with Crippen molar-refractivity contribution < 1.29 is 9.90 Å². The van der Waals surface area contributed by atoms with Crippen molar-refractivity contribution in [2.24, 2.45) is 16.6 Å². The number of aliphatic imine (C=N–C) groups is 1. The Kier molecular flexibility index (Phi) is 8.18. The Morgan fingerprint density at radius 2 is 2.06 bits per heavy atom. The van der Waals surface area contributed by atoms with Gasteiger partial charge in [0.05, 0.1) is 11.8 Å². The van der Waals surface area contributed by atoms with Crippen molar-refractivity contribution in [1.29, 1.82) is 0 Å². The lowest BCUT2D eigenvalue weighted by atomic mass is 9.86. The van der Waals surface area contributed by atoms with Gasteiger partial charge in [0.1, 0.15) is 11.3 Å². The summed E-state index contributed by atoms with van der Waals surface area (Å²) in [6, 6.07) is 10.4. The highest BCUT2D eigenvalue weighted by Gasteiger charge is 2.32. The van der Waals surface area contributed by atoms with E-state index in [4.69, 9.17) is 5.73 Å². The molecule has 3 heterocycles. The average Bonchev–Trinajstić information content (AvgIpc) is 3.33. The molecule has 1 saturated heterocycles. The zero-order valence-corrected chi connectivity index (χ0v) is 21.3. The normalized spacial score (nSPS) is 18.9. The molecule has 36 heavy (non-hydrogen) atoms. The molecular formula is C28H36N6O2. The molecule has 3 aromatic rings. The zero-order valence-electron chi connectivity index (χ0n) is 21.3. The van der Waals surface area contributed by atoms with Crippen LogP contribution in [0, 0.1) is 5.92 Å². The number of aryl methyl sites for hydroxylation is 1. The maximum Gasteiger partial charge on any atom is 0.274 e. The van der Waals surface area contributed by atoms with Crippen LogP contribution in [0.25, 0.3) is 5.65 Å². The van der Waals surface area contributed by atoms with E-state index in [2.05, 4.69) is 34.3 Å². The topological polar surface area (TPSA) is 108 Å². The molecule has 0 spiro atoms. The fraction of sp³-hybridized carbons (Fsp3) is 0.393. The maximum absolute atomic E-state index is 13.4. The number of β-amino-alcohol motifs (C(OH)–C–C–N with tert-alkyl or cyclic N) is 1. The number of likely N-dealkylation sites (tertiary alicyclic amines) is 1. The number of fused-ring (bicyclic) bond motifs is 1. The molecule has 2 aromatic heterocycles. The summed E-state index contributed by atoms with van der Waals surface area (Å²) < 4.78 is 1.89. The molecule has 8 heteroatoms. The molecule has 8 nitrogen and oxygen atoms in total. The molecular weight excluding hydrogens is 452 g/mol. The number of piperidine rings is 1. The summed E-state index contributed by atoms with van der Waals surface area (Å²) in [5.74, 6) is -0.0358. The molecule has 1 amide bonds. The third-order valence-corrected chi connectivity index (χ3v) is 6.99. The predicted molar refractivity (Wildman–Crippen MR) is 143 cm³/mol. The van der Waals surface area contributed by atoms with Crippen LogP contribution in [0.2, 0.25) is 0 Å². The Bertz CT molecular complexity index is 1280. The van der Waals surface area contributed by atoms with Crippen LogP contribution in [-0.2, 0) is 19.4 Å². The monoisotopic (exact) mass is 488 g/mol. The first kappa shape index (κ1) is 25.6. The second-order valence-corrected chi connectivity index (χ2v) is 9.30. The number of amides is 1. The van der Waals surface area contributed by atoms with E-state index in [1.807, 2.05) is 35.8 Å².